The van der Waals surface area contributed by atoms with Gasteiger partial charge in [0.05, 0.1) is 11.5 Å². The molecule has 2 rings (SSSR count). The number of ketones is 1. The van der Waals surface area contributed by atoms with Gasteiger partial charge in [0.2, 0.25) is 0 Å². The minimum absolute atomic E-state index is 0.00330. The summed E-state index contributed by atoms with van der Waals surface area (Å²) in [5.74, 6) is -0.301. The van der Waals surface area contributed by atoms with Crippen LogP contribution >= 0.6 is 15.9 Å². The van der Waals surface area contributed by atoms with Crippen LogP contribution in [0.4, 0.5) is 4.39 Å². The zero-order chi connectivity index (χ0) is 14.8. The maximum Gasteiger partial charge on any atom is 0.153 e. The summed E-state index contributed by atoms with van der Waals surface area (Å²) in [6.07, 6.45) is 0.335. The molecule has 20 heavy (non-hydrogen) atoms. The molecule has 1 atom stereocenters. The maximum atomic E-state index is 13.0. The van der Waals surface area contributed by atoms with Crippen LogP contribution in [-0.2, 0) is 21.1 Å². The first-order valence-electron chi connectivity index (χ1n) is 6.25. The van der Waals surface area contributed by atoms with E-state index < -0.39 is 9.84 Å². The Labute approximate surface area is 125 Å². The van der Waals surface area contributed by atoms with E-state index in [-0.39, 0.29) is 42.0 Å². The van der Waals surface area contributed by atoms with Gasteiger partial charge in [0, 0.05) is 29.9 Å². The summed E-state index contributed by atoms with van der Waals surface area (Å²) in [5, 5.41) is 3.04. The van der Waals surface area contributed by atoms with Crippen molar-refractivity contribution in [3.05, 3.63) is 34.1 Å². The lowest BCUT2D eigenvalue weighted by Crippen LogP contribution is -2.46. The van der Waals surface area contributed by atoms with Crippen molar-refractivity contribution in [3.63, 3.8) is 0 Å². The van der Waals surface area contributed by atoms with E-state index >= 15 is 0 Å². The van der Waals surface area contributed by atoms with Crippen molar-refractivity contribution in [1.29, 1.82) is 0 Å². The summed E-state index contributed by atoms with van der Waals surface area (Å²) in [5.41, 5.74) is 0.704. The van der Waals surface area contributed by atoms with Crippen LogP contribution in [0.2, 0.25) is 0 Å². The van der Waals surface area contributed by atoms with E-state index in [9.17, 15) is 17.6 Å². The molecule has 0 aliphatic carbocycles. The maximum absolute atomic E-state index is 13.0. The molecule has 1 unspecified atom stereocenters. The van der Waals surface area contributed by atoms with E-state index in [1.54, 1.807) is 6.07 Å². The van der Waals surface area contributed by atoms with Crippen LogP contribution in [0.15, 0.2) is 22.7 Å². The zero-order valence-corrected chi connectivity index (χ0v) is 13.1. The molecular weight excluding hydrogens is 349 g/mol. The molecule has 0 spiro atoms. The highest BCUT2D eigenvalue weighted by Crippen LogP contribution is 2.19. The lowest BCUT2D eigenvalue weighted by molar-refractivity contribution is -0.118. The fraction of sp³-hybridized carbons (Fsp3) is 0.462. The van der Waals surface area contributed by atoms with Crippen LogP contribution < -0.4 is 5.32 Å². The molecule has 110 valence electrons. The van der Waals surface area contributed by atoms with Crippen molar-refractivity contribution in [2.24, 2.45) is 0 Å². The molecule has 0 radical (unpaired) electrons. The predicted molar refractivity (Wildman–Crippen MR) is 77.9 cm³/mol. The number of sulfone groups is 1. The molecule has 1 fully saturated rings. The Bertz CT molecular complexity index is 618. The Kier molecular flexibility index (Phi) is 4.93. The SMILES string of the molecule is O=C(Cc1ccc(F)cc1Br)CC1CS(=O)(=O)CCN1. The van der Waals surface area contributed by atoms with Gasteiger partial charge in [-0.15, -0.1) is 0 Å². The number of Topliss-reactive ketones (excluding diaryl/α,β-unsaturated/α-hetero) is 1. The van der Waals surface area contributed by atoms with Crippen molar-refractivity contribution >= 4 is 31.6 Å². The van der Waals surface area contributed by atoms with Crippen LogP contribution in [0.5, 0.6) is 0 Å². The number of carbonyl (C=O) groups excluding carboxylic acids is 1. The van der Waals surface area contributed by atoms with Gasteiger partial charge in [0.25, 0.3) is 0 Å². The van der Waals surface area contributed by atoms with Gasteiger partial charge in [0.15, 0.2) is 9.84 Å². The number of hydrogen-bond acceptors (Lipinski definition) is 4. The van der Waals surface area contributed by atoms with Gasteiger partial charge in [-0.2, -0.15) is 0 Å². The van der Waals surface area contributed by atoms with Crippen molar-refractivity contribution in [2.45, 2.75) is 18.9 Å². The quantitative estimate of drug-likeness (QED) is 0.879. The molecule has 1 aliphatic rings. The number of benzene rings is 1. The Balaban J connectivity index is 1.95. The standard InChI is InChI=1S/C13H15BrFNO3S/c14-13-6-10(15)2-1-9(13)5-12(17)7-11-8-20(18,19)4-3-16-11/h1-2,6,11,16H,3-5,7-8H2. The van der Waals surface area contributed by atoms with E-state index in [1.807, 2.05) is 0 Å². The minimum atomic E-state index is -3.04. The Morgan fingerprint density at radius 3 is 2.85 bits per heavy atom. The Morgan fingerprint density at radius 2 is 2.20 bits per heavy atom. The molecule has 1 aliphatic heterocycles. The fourth-order valence-corrected chi connectivity index (χ4v) is 4.16. The topological polar surface area (TPSA) is 63.2 Å². The molecule has 1 N–H and O–H groups in total. The number of nitrogens with one attached hydrogen (secondary N) is 1. The molecule has 1 aromatic rings. The molecule has 0 saturated carbocycles. The number of carbonyl (C=O) groups is 1. The molecule has 0 aromatic heterocycles. The monoisotopic (exact) mass is 363 g/mol. The molecule has 1 saturated heterocycles. The molecule has 0 amide bonds. The highest BCUT2D eigenvalue weighted by atomic mass is 79.9. The normalized spacial score (nSPS) is 21.6. The number of halogens is 2. The van der Waals surface area contributed by atoms with Gasteiger partial charge in [-0.1, -0.05) is 22.0 Å². The van der Waals surface area contributed by atoms with Crippen LogP contribution in [0.25, 0.3) is 0 Å². The number of rotatable bonds is 4. The van der Waals surface area contributed by atoms with E-state index in [2.05, 4.69) is 21.2 Å². The predicted octanol–water partition coefficient (Wildman–Crippen LogP) is 1.48. The third-order valence-electron chi connectivity index (χ3n) is 3.18. The second-order valence-electron chi connectivity index (χ2n) is 4.92. The average molecular weight is 364 g/mol. The largest absolute Gasteiger partial charge is 0.312 e. The van der Waals surface area contributed by atoms with Gasteiger partial charge in [-0.25, -0.2) is 12.8 Å². The van der Waals surface area contributed by atoms with Gasteiger partial charge in [-0.3, -0.25) is 4.79 Å². The molecule has 1 aromatic carbocycles. The van der Waals surface area contributed by atoms with E-state index in [0.29, 0.717) is 16.6 Å². The third-order valence-corrected chi connectivity index (χ3v) is 5.65. The third kappa shape index (κ3) is 4.36. The Morgan fingerprint density at radius 1 is 1.45 bits per heavy atom. The molecule has 7 heteroatoms. The summed E-state index contributed by atoms with van der Waals surface area (Å²) in [4.78, 5) is 12.0. The first-order chi connectivity index (χ1) is 9.35. The van der Waals surface area contributed by atoms with E-state index in [0.717, 1.165) is 0 Å². The lowest BCUT2D eigenvalue weighted by atomic mass is 10.0. The second kappa shape index (κ2) is 6.32. The number of hydrogen-bond donors (Lipinski definition) is 1. The smallest absolute Gasteiger partial charge is 0.153 e. The zero-order valence-electron chi connectivity index (χ0n) is 10.7. The van der Waals surface area contributed by atoms with Crippen molar-refractivity contribution in [3.8, 4) is 0 Å². The van der Waals surface area contributed by atoms with Gasteiger partial charge in [-0.05, 0) is 17.7 Å². The van der Waals surface area contributed by atoms with Crippen molar-refractivity contribution in [1.82, 2.24) is 5.32 Å². The molecule has 0 bridgehead atoms. The Hall–Kier alpha value is -0.790. The van der Waals surface area contributed by atoms with Crippen LogP contribution in [-0.4, -0.2) is 38.3 Å². The first-order valence-corrected chi connectivity index (χ1v) is 8.86. The van der Waals surface area contributed by atoms with Gasteiger partial charge < -0.3 is 5.32 Å². The molecular formula is C13H15BrFNO3S. The highest BCUT2D eigenvalue weighted by molar-refractivity contribution is 9.10. The van der Waals surface area contributed by atoms with Crippen LogP contribution in [0.1, 0.15) is 12.0 Å². The van der Waals surface area contributed by atoms with Crippen molar-refractivity contribution < 1.29 is 17.6 Å². The second-order valence-corrected chi connectivity index (χ2v) is 8.00. The summed E-state index contributed by atoms with van der Waals surface area (Å²) in [7, 11) is -3.04. The van der Waals surface area contributed by atoms with Crippen LogP contribution in [0.3, 0.4) is 0 Å². The minimum Gasteiger partial charge on any atom is -0.312 e. The van der Waals surface area contributed by atoms with E-state index in [4.69, 9.17) is 0 Å². The van der Waals surface area contributed by atoms with Gasteiger partial charge >= 0.3 is 0 Å². The first kappa shape index (κ1) is 15.6. The van der Waals surface area contributed by atoms with Crippen molar-refractivity contribution in [2.75, 3.05) is 18.1 Å². The summed E-state index contributed by atoms with van der Waals surface area (Å²) < 4.78 is 36.5. The average Bonchev–Trinajstić information content (AvgIpc) is 2.31. The highest BCUT2D eigenvalue weighted by Gasteiger charge is 2.26. The molecule has 4 nitrogen and oxygen atoms in total. The summed E-state index contributed by atoms with van der Waals surface area (Å²) in [6, 6.07) is 3.85. The van der Waals surface area contributed by atoms with E-state index in [1.165, 1.54) is 12.1 Å². The van der Waals surface area contributed by atoms with Crippen LogP contribution in [0, 0.1) is 5.82 Å². The lowest BCUT2D eigenvalue weighted by Gasteiger charge is -2.23. The summed E-state index contributed by atoms with van der Waals surface area (Å²) in [6.45, 7) is 0.389. The fourth-order valence-electron chi connectivity index (χ4n) is 2.22. The molecule has 1 heterocycles. The van der Waals surface area contributed by atoms with Gasteiger partial charge in [0.1, 0.15) is 11.6 Å². The summed E-state index contributed by atoms with van der Waals surface area (Å²) >= 11 is 3.22.